The molecule has 0 heterocycles. The van der Waals surface area contributed by atoms with Crippen molar-refractivity contribution in [1.82, 2.24) is 0 Å². The minimum atomic E-state index is 0.940. The van der Waals surface area contributed by atoms with Gasteiger partial charge in [0.25, 0.3) is 0 Å². The summed E-state index contributed by atoms with van der Waals surface area (Å²) in [5.41, 5.74) is 0. The van der Waals surface area contributed by atoms with Gasteiger partial charge in [0.1, 0.15) is 0 Å². The fourth-order valence-corrected chi connectivity index (χ4v) is 1.24. The summed E-state index contributed by atoms with van der Waals surface area (Å²) in [6, 6.07) is 0. The van der Waals surface area contributed by atoms with Crippen molar-refractivity contribution in [3.05, 3.63) is 0 Å². The topological polar surface area (TPSA) is 12.4 Å². The smallest absolute Gasteiger partial charge is 0.0357 e. The number of rotatable bonds is 8. The molecule has 0 aliphatic heterocycles. The van der Waals surface area contributed by atoms with Crippen molar-refractivity contribution in [1.29, 1.82) is 0 Å². The first-order valence-electron chi connectivity index (χ1n) is 5.40. The van der Waals surface area contributed by atoms with Gasteiger partial charge < -0.3 is 0 Å². The van der Waals surface area contributed by atoms with Crippen molar-refractivity contribution in [3.63, 3.8) is 0 Å². The molecule has 1 nitrogen and oxygen atoms in total. The van der Waals surface area contributed by atoms with Crippen LogP contribution in [0, 0.1) is 0 Å². The van der Waals surface area contributed by atoms with Crippen LogP contribution in [0.25, 0.3) is 0 Å². The Morgan fingerprint density at radius 2 is 1.58 bits per heavy atom. The highest BCUT2D eigenvalue weighted by molar-refractivity contribution is 5.56. The summed E-state index contributed by atoms with van der Waals surface area (Å²) < 4.78 is 0. The summed E-state index contributed by atoms with van der Waals surface area (Å²) in [5, 5.41) is 0. The molecule has 0 rings (SSSR count). The summed E-state index contributed by atoms with van der Waals surface area (Å²) >= 11 is 0. The third-order valence-corrected chi connectivity index (χ3v) is 2.00. The number of aliphatic imine (C=N–C) groups is 1. The molecule has 0 aromatic carbocycles. The van der Waals surface area contributed by atoms with Gasteiger partial charge in [-0.15, -0.1) is 0 Å². The van der Waals surface area contributed by atoms with E-state index in [9.17, 15) is 0 Å². The maximum Gasteiger partial charge on any atom is 0.0357 e. The van der Waals surface area contributed by atoms with Crippen molar-refractivity contribution >= 4 is 6.21 Å². The van der Waals surface area contributed by atoms with E-state index >= 15 is 0 Å². The monoisotopic (exact) mass is 169 g/mol. The Hall–Kier alpha value is -0.330. The van der Waals surface area contributed by atoms with Crippen molar-refractivity contribution in [2.75, 3.05) is 6.54 Å². The summed E-state index contributed by atoms with van der Waals surface area (Å²) in [6.45, 7) is 5.28. The van der Waals surface area contributed by atoms with Gasteiger partial charge in [-0.2, -0.15) is 0 Å². The number of unbranched alkanes of at least 4 members (excludes halogenated alkanes) is 6. The van der Waals surface area contributed by atoms with Crippen LogP contribution in [-0.2, 0) is 0 Å². The fraction of sp³-hybridized carbons (Fsp3) is 0.909. The molecule has 0 aliphatic rings. The second-order valence-corrected chi connectivity index (χ2v) is 3.24. The van der Waals surface area contributed by atoms with E-state index in [2.05, 4.69) is 25.1 Å². The molecule has 1 heteroatoms. The first-order chi connectivity index (χ1) is 5.91. The lowest BCUT2D eigenvalue weighted by molar-refractivity contribution is 0.616. The van der Waals surface area contributed by atoms with Gasteiger partial charge in [-0.3, -0.25) is 4.99 Å². The van der Waals surface area contributed by atoms with E-state index in [1.165, 1.54) is 44.9 Å². The lowest BCUT2D eigenvalue weighted by Crippen LogP contribution is -1.81. The number of hydrogen-bond acceptors (Lipinski definition) is 1. The Labute approximate surface area is 77.3 Å². The zero-order valence-corrected chi connectivity index (χ0v) is 8.68. The van der Waals surface area contributed by atoms with Gasteiger partial charge in [-0.25, -0.2) is 0 Å². The molecule has 0 aromatic rings. The normalized spacial score (nSPS) is 11.2. The Bertz CT molecular complexity index is 97.2. The first kappa shape index (κ1) is 11.7. The molecule has 0 unspecified atom stereocenters. The molecule has 0 radical (unpaired) electrons. The van der Waals surface area contributed by atoms with E-state index in [-0.39, 0.29) is 0 Å². The number of nitrogens with zero attached hydrogens (tertiary/aromatic N) is 1. The average molecular weight is 169 g/mol. The maximum atomic E-state index is 4.18. The van der Waals surface area contributed by atoms with Crippen LogP contribution in [0.15, 0.2) is 4.99 Å². The largest absolute Gasteiger partial charge is 0.298 e. The van der Waals surface area contributed by atoms with Gasteiger partial charge in [-0.05, 0) is 26.0 Å². The van der Waals surface area contributed by atoms with Crippen LogP contribution in [0.1, 0.15) is 58.8 Å². The molecule has 0 saturated carbocycles. The van der Waals surface area contributed by atoms with E-state index in [4.69, 9.17) is 0 Å². The lowest BCUT2D eigenvalue weighted by Gasteiger charge is -1.96. The van der Waals surface area contributed by atoms with Crippen molar-refractivity contribution in [2.45, 2.75) is 58.8 Å². The van der Waals surface area contributed by atoms with Crippen LogP contribution in [0.5, 0.6) is 0 Å². The molecule has 0 N–H and O–H groups in total. The first-order valence-corrected chi connectivity index (χ1v) is 5.40. The fourth-order valence-electron chi connectivity index (χ4n) is 1.24. The summed E-state index contributed by atoms with van der Waals surface area (Å²) in [4.78, 5) is 4.18. The minimum Gasteiger partial charge on any atom is -0.298 e. The Morgan fingerprint density at radius 1 is 0.917 bits per heavy atom. The molecular formula is C11H23N. The Kier molecular flexibility index (Phi) is 10.4. The highest BCUT2D eigenvalue weighted by atomic mass is 14.7. The molecule has 0 atom stereocenters. The van der Waals surface area contributed by atoms with Crippen molar-refractivity contribution < 1.29 is 0 Å². The lowest BCUT2D eigenvalue weighted by atomic mass is 10.1. The van der Waals surface area contributed by atoms with E-state index in [0.717, 1.165) is 6.54 Å². The van der Waals surface area contributed by atoms with Crippen LogP contribution in [0.4, 0.5) is 0 Å². The molecule has 0 amide bonds. The van der Waals surface area contributed by atoms with Gasteiger partial charge in [0.15, 0.2) is 0 Å². The molecule has 0 spiro atoms. The predicted molar refractivity (Wildman–Crippen MR) is 57.0 cm³/mol. The van der Waals surface area contributed by atoms with Crippen molar-refractivity contribution in [2.24, 2.45) is 4.99 Å². The quantitative estimate of drug-likeness (QED) is 0.387. The summed E-state index contributed by atoms with van der Waals surface area (Å²) in [7, 11) is 0. The Morgan fingerprint density at radius 3 is 2.25 bits per heavy atom. The zero-order valence-electron chi connectivity index (χ0n) is 8.68. The van der Waals surface area contributed by atoms with Crippen LogP contribution < -0.4 is 0 Å². The predicted octanol–water partition coefficient (Wildman–Crippen LogP) is 3.83. The average Bonchev–Trinajstić information content (AvgIpc) is 2.10. The Balaban J connectivity index is 2.86. The molecule has 0 aromatic heterocycles. The highest BCUT2D eigenvalue weighted by Gasteiger charge is 1.87. The van der Waals surface area contributed by atoms with Crippen LogP contribution in [0.2, 0.25) is 0 Å². The van der Waals surface area contributed by atoms with Crippen LogP contribution in [0.3, 0.4) is 0 Å². The number of hydrogen-bond donors (Lipinski definition) is 0. The third kappa shape index (κ3) is 9.67. The van der Waals surface area contributed by atoms with Gasteiger partial charge in [0.2, 0.25) is 0 Å². The minimum absolute atomic E-state index is 0.940. The molecule has 0 aliphatic carbocycles. The second kappa shape index (κ2) is 10.7. The maximum absolute atomic E-state index is 4.18. The van der Waals surface area contributed by atoms with Crippen molar-refractivity contribution in [3.8, 4) is 0 Å². The van der Waals surface area contributed by atoms with Crippen LogP contribution >= 0.6 is 0 Å². The SMILES string of the molecule is CCCCCCCC/C=N/CC. The molecule has 0 bridgehead atoms. The summed E-state index contributed by atoms with van der Waals surface area (Å²) in [5.74, 6) is 0. The van der Waals surface area contributed by atoms with Gasteiger partial charge in [-0.1, -0.05) is 39.0 Å². The van der Waals surface area contributed by atoms with E-state index in [0.29, 0.717) is 0 Å². The van der Waals surface area contributed by atoms with Crippen LogP contribution in [-0.4, -0.2) is 12.8 Å². The third-order valence-electron chi connectivity index (χ3n) is 2.00. The standard InChI is InChI=1S/C11H23N/c1-3-5-6-7-8-9-10-11-12-4-2/h11H,3-10H2,1-2H3/b12-11+. The second-order valence-electron chi connectivity index (χ2n) is 3.24. The molecular weight excluding hydrogens is 146 g/mol. The molecule has 0 saturated heterocycles. The molecule has 12 heavy (non-hydrogen) atoms. The molecule has 72 valence electrons. The van der Waals surface area contributed by atoms with Gasteiger partial charge in [0, 0.05) is 6.54 Å². The van der Waals surface area contributed by atoms with E-state index in [1.807, 2.05) is 0 Å². The van der Waals surface area contributed by atoms with E-state index in [1.54, 1.807) is 0 Å². The van der Waals surface area contributed by atoms with Gasteiger partial charge >= 0.3 is 0 Å². The zero-order chi connectivity index (χ0) is 9.07. The summed E-state index contributed by atoms with van der Waals surface area (Å²) in [6.07, 6.45) is 11.5. The molecule has 0 fully saturated rings. The highest BCUT2D eigenvalue weighted by Crippen LogP contribution is 2.05. The van der Waals surface area contributed by atoms with E-state index < -0.39 is 0 Å². The van der Waals surface area contributed by atoms with Gasteiger partial charge in [0.05, 0.1) is 0 Å².